The van der Waals surface area contributed by atoms with Gasteiger partial charge in [0, 0.05) is 31.4 Å². The number of methoxy groups -OCH3 is 1. The first-order chi connectivity index (χ1) is 8.11. The average molecular weight is 236 g/mol. The largest absolute Gasteiger partial charge is 0.481 e. The summed E-state index contributed by atoms with van der Waals surface area (Å²) in [7, 11) is 1.57. The number of carboxylic acid groups (broad SMARTS) is 1. The van der Waals surface area contributed by atoms with Crippen molar-refractivity contribution in [2.45, 2.75) is 13.5 Å². The molecule has 0 amide bonds. The van der Waals surface area contributed by atoms with Crippen molar-refractivity contribution < 1.29 is 14.6 Å². The van der Waals surface area contributed by atoms with Crippen molar-refractivity contribution in [3.05, 3.63) is 35.5 Å². The van der Waals surface area contributed by atoms with Gasteiger partial charge in [0.1, 0.15) is 0 Å². The van der Waals surface area contributed by atoms with Gasteiger partial charge in [-0.25, -0.2) is 9.78 Å². The second-order valence-corrected chi connectivity index (χ2v) is 3.64. The molecule has 0 spiro atoms. The van der Waals surface area contributed by atoms with Crippen LogP contribution in [0.25, 0.3) is 0 Å². The minimum absolute atomic E-state index is 0.539. The zero-order chi connectivity index (χ0) is 12.7. The lowest BCUT2D eigenvalue weighted by Gasteiger charge is -2.06. The highest BCUT2D eigenvalue weighted by Crippen LogP contribution is 2.08. The minimum atomic E-state index is -0.921. The molecule has 0 bridgehead atoms. The molecule has 5 heteroatoms. The molecule has 1 heterocycles. The van der Waals surface area contributed by atoms with E-state index in [0.717, 1.165) is 11.1 Å². The highest BCUT2D eigenvalue weighted by Gasteiger charge is 1.98. The summed E-state index contributed by atoms with van der Waals surface area (Å²) in [6, 6.07) is 3.72. The maximum absolute atomic E-state index is 10.4. The Balaban J connectivity index is 2.43. The summed E-state index contributed by atoms with van der Waals surface area (Å²) in [5, 5.41) is 11.7. The monoisotopic (exact) mass is 236 g/mol. The smallest absolute Gasteiger partial charge is 0.328 e. The van der Waals surface area contributed by atoms with Crippen LogP contribution in [0.1, 0.15) is 12.5 Å². The van der Waals surface area contributed by atoms with E-state index in [1.165, 1.54) is 6.08 Å². The van der Waals surface area contributed by atoms with E-state index in [1.54, 1.807) is 20.2 Å². The highest BCUT2D eigenvalue weighted by atomic mass is 16.5. The lowest BCUT2D eigenvalue weighted by molar-refractivity contribution is -0.131. The maximum Gasteiger partial charge on any atom is 0.328 e. The van der Waals surface area contributed by atoms with Gasteiger partial charge in [-0.2, -0.15) is 0 Å². The molecular formula is C12H16N2O3. The van der Waals surface area contributed by atoms with E-state index in [-0.39, 0.29) is 0 Å². The first-order valence-corrected chi connectivity index (χ1v) is 5.21. The van der Waals surface area contributed by atoms with Crippen molar-refractivity contribution in [1.82, 2.24) is 10.3 Å². The van der Waals surface area contributed by atoms with Gasteiger partial charge in [-0.05, 0) is 18.6 Å². The van der Waals surface area contributed by atoms with Gasteiger partial charge >= 0.3 is 5.97 Å². The molecule has 0 aliphatic rings. The van der Waals surface area contributed by atoms with Gasteiger partial charge in [0.25, 0.3) is 0 Å². The van der Waals surface area contributed by atoms with Crippen molar-refractivity contribution in [3.8, 4) is 5.88 Å². The third-order valence-corrected chi connectivity index (χ3v) is 2.11. The predicted molar refractivity (Wildman–Crippen MR) is 63.9 cm³/mol. The first kappa shape index (κ1) is 13.2. The molecule has 0 aromatic carbocycles. The zero-order valence-electron chi connectivity index (χ0n) is 9.93. The second kappa shape index (κ2) is 6.65. The molecule has 1 aromatic rings. The van der Waals surface area contributed by atoms with Crippen LogP contribution in [0.3, 0.4) is 0 Å². The lowest BCUT2D eigenvalue weighted by Crippen LogP contribution is -2.16. The molecule has 92 valence electrons. The summed E-state index contributed by atoms with van der Waals surface area (Å²) >= 11 is 0. The van der Waals surface area contributed by atoms with Crippen LogP contribution in [0.2, 0.25) is 0 Å². The molecular weight excluding hydrogens is 220 g/mol. The standard InChI is InChI=1S/C12H16N2O3/c1-9(5-12(15)16)7-13-8-10-3-4-14-11(6-10)17-2/h3-6,13H,7-8H2,1-2H3,(H,15,16)/b9-5+. The summed E-state index contributed by atoms with van der Waals surface area (Å²) < 4.78 is 5.01. The van der Waals surface area contributed by atoms with Crippen LogP contribution in [-0.4, -0.2) is 29.7 Å². The third kappa shape index (κ3) is 5.12. The number of hydrogen-bond donors (Lipinski definition) is 2. The maximum atomic E-state index is 10.4. The molecule has 0 aliphatic carbocycles. The summed E-state index contributed by atoms with van der Waals surface area (Å²) in [6.07, 6.45) is 2.87. The van der Waals surface area contributed by atoms with Crippen LogP contribution in [-0.2, 0) is 11.3 Å². The Kier molecular flexibility index (Phi) is 5.16. The number of hydrogen-bond acceptors (Lipinski definition) is 4. The van der Waals surface area contributed by atoms with Crippen molar-refractivity contribution in [3.63, 3.8) is 0 Å². The van der Waals surface area contributed by atoms with Crippen molar-refractivity contribution >= 4 is 5.97 Å². The number of ether oxygens (including phenoxy) is 1. The molecule has 0 fully saturated rings. The zero-order valence-corrected chi connectivity index (χ0v) is 9.93. The van der Waals surface area contributed by atoms with E-state index >= 15 is 0 Å². The molecule has 1 aromatic heterocycles. The second-order valence-electron chi connectivity index (χ2n) is 3.64. The number of carbonyl (C=O) groups is 1. The predicted octanol–water partition coefficient (Wildman–Crippen LogP) is 1.21. The van der Waals surface area contributed by atoms with Crippen LogP contribution < -0.4 is 10.1 Å². The number of aliphatic carboxylic acids is 1. The van der Waals surface area contributed by atoms with Gasteiger partial charge in [0.15, 0.2) is 0 Å². The minimum Gasteiger partial charge on any atom is -0.481 e. The number of pyridine rings is 1. The fourth-order valence-electron chi connectivity index (χ4n) is 1.34. The lowest BCUT2D eigenvalue weighted by atomic mass is 10.2. The molecule has 5 nitrogen and oxygen atoms in total. The van der Waals surface area contributed by atoms with Gasteiger partial charge in [0.05, 0.1) is 7.11 Å². The van der Waals surface area contributed by atoms with Crippen LogP contribution >= 0.6 is 0 Å². The fourth-order valence-corrected chi connectivity index (χ4v) is 1.34. The molecule has 0 radical (unpaired) electrons. The highest BCUT2D eigenvalue weighted by molar-refractivity contribution is 5.80. The SMILES string of the molecule is COc1cc(CNC/C(C)=C/C(=O)O)ccn1. The molecule has 0 aliphatic heterocycles. The van der Waals surface area contributed by atoms with Crippen molar-refractivity contribution in [2.24, 2.45) is 0 Å². The van der Waals surface area contributed by atoms with Crippen LogP contribution in [0.4, 0.5) is 0 Å². The normalized spacial score (nSPS) is 11.3. The van der Waals surface area contributed by atoms with Gasteiger partial charge in [-0.1, -0.05) is 5.57 Å². The van der Waals surface area contributed by atoms with Gasteiger partial charge < -0.3 is 15.2 Å². The Morgan fingerprint density at radius 3 is 3.06 bits per heavy atom. The number of aromatic nitrogens is 1. The molecule has 0 saturated heterocycles. The van der Waals surface area contributed by atoms with Gasteiger partial charge in [0.2, 0.25) is 5.88 Å². The Hall–Kier alpha value is -1.88. The Bertz CT molecular complexity index is 416. The summed E-state index contributed by atoms with van der Waals surface area (Å²) in [6.45, 7) is 2.95. The number of nitrogens with one attached hydrogen (secondary N) is 1. The summed E-state index contributed by atoms with van der Waals surface area (Å²) in [4.78, 5) is 14.4. The van der Waals surface area contributed by atoms with Crippen LogP contribution in [0.5, 0.6) is 5.88 Å². The van der Waals surface area contributed by atoms with Gasteiger partial charge in [-0.3, -0.25) is 0 Å². The fraction of sp³-hybridized carbons (Fsp3) is 0.333. The van der Waals surface area contributed by atoms with E-state index < -0.39 is 5.97 Å². The van der Waals surface area contributed by atoms with Crippen molar-refractivity contribution in [2.75, 3.05) is 13.7 Å². The molecule has 0 atom stereocenters. The first-order valence-electron chi connectivity index (χ1n) is 5.21. The molecule has 0 unspecified atom stereocenters. The van der Waals surface area contributed by atoms with Gasteiger partial charge in [-0.15, -0.1) is 0 Å². The number of rotatable bonds is 6. The van der Waals surface area contributed by atoms with Crippen molar-refractivity contribution in [1.29, 1.82) is 0 Å². The van der Waals surface area contributed by atoms with E-state index in [0.29, 0.717) is 19.0 Å². The van der Waals surface area contributed by atoms with Crippen LogP contribution in [0, 0.1) is 0 Å². The molecule has 0 saturated carbocycles. The molecule has 17 heavy (non-hydrogen) atoms. The Morgan fingerprint density at radius 2 is 2.41 bits per heavy atom. The van der Waals surface area contributed by atoms with E-state index in [4.69, 9.17) is 9.84 Å². The number of carboxylic acids is 1. The summed E-state index contributed by atoms with van der Waals surface area (Å²) in [5.41, 5.74) is 1.82. The summed E-state index contributed by atoms with van der Waals surface area (Å²) in [5.74, 6) is -0.350. The molecule has 1 rings (SSSR count). The quantitative estimate of drug-likeness (QED) is 0.726. The van der Waals surface area contributed by atoms with E-state index in [2.05, 4.69) is 10.3 Å². The van der Waals surface area contributed by atoms with Crippen LogP contribution in [0.15, 0.2) is 30.0 Å². The Labute approximate surface area is 100 Å². The Morgan fingerprint density at radius 1 is 1.65 bits per heavy atom. The topological polar surface area (TPSA) is 71.5 Å². The van der Waals surface area contributed by atoms with E-state index in [1.807, 2.05) is 12.1 Å². The average Bonchev–Trinajstić information content (AvgIpc) is 2.28. The molecule has 2 N–H and O–H groups in total. The van der Waals surface area contributed by atoms with E-state index in [9.17, 15) is 4.79 Å². The third-order valence-electron chi connectivity index (χ3n) is 2.11. The number of nitrogens with zero attached hydrogens (tertiary/aromatic N) is 1.